The first-order valence-corrected chi connectivity index (χ1v) is 7.30. The zero-order valence-electron chi connectivity index (χ0n) is 13.2. The van der Waals surface area contributed by atoms with Crippen LogP contribution in [0, 0.1) is 5.82 Å². The number of rotatable bonds is 8. The molecule has 0 aliphatic carbocycles. The SMILES string of the molecule is CCN(CCC(C)(NC(C)C)C(=O)O)c1cccc(F)c1. The smallest absolute Gasteiger partial charge is 0.323 e. The van der Waals surface area contributed by atoms with Crippen LogP contribution in [0.5, 0.6) is 0 Å². The molecule has 1 rings (SSSR count). The summed E-state index contributed by atoms with van der Waals surface area (Å²) in [5, 5.41) is 12.5. The second kappa shape index (κ2) is 7.41. The number of hydrogen-bond acceptors (Lipinski definition) is 3. The Hall–Kier alpha value is -1.62. The van der Waals surface area contributed by atoms with Crippen molar-refractivity contribution in [1.82, 2.24) is 5.32 Å². The number of benzene rings is 1. The van der Waals surface area contributed by atoms with Gasteiger partial charge in [-0.25, -0.2) is 4.39 Å². The lowest BCUT2D eigenvalue weighted by Crippen LogP contribution is -2.54. The average molecular weight is 296 g/mol. The largest absolute Gasteiger partial charge is 0.480 e. The van der Waals surface area contributed by atoms with Gasteiger partial charge in [0.05, 0.1) is 0 Å². The summed E-state index contributed by atoms with van der Waals surface area (Å²) in [6, 6.07) is 6.45. The molecule has 0 saturated carbocycles. The summed E-state index contributed by atoms with van der Waals surface area (Å²) >= 11 is 0. The minimum atomic E-state index is -0.991. The maximum atomic E-state index is 13.3. The van der Waals surface area contributed by atoms with Gasteiger partial charge in [-0.2, -0.15) is 0 Å². The molecule has 0 bridgehead atoms. The van der Waals surface area contributed by atoms with Gasteiger partial charge >= 0.3 is 5.97 Å². The highest BCUT2D eigenvalue weighted by atomic mass is 19.1. The molecule has 5 heteroatoms. The van der Waals surface area contributed by atoms with Crippen molar-refractivity contribution in [2.24, 2.45) is 0 Å². The van der Waals surface area contributed by atoms with Crippen LogP contribution in [-0.2, 0) is 4.79 Å². The number of carboxylic acids is 1. The predicted molar refractivity (Wildman–Crippen MR) is 83.2 cm³/mol. The molecule has 1 atom stereocenters. The van der Waals surface area contributed by atoms with Gasteiger partial charge in [-0.3, -0.25) is 10.1 Å². The number of carbonyl (C=O) groups is 1. The molecule has 1 aromatic carbocycles. The summed E-state index contributed by atoms with van der Waals surface area (Å²) < 4.78 is 13.3. The molecule has 0 heterocycles. The number of hydrogen-bond donors (Lipinski definition) is 2. The standard InChI is InChI=1S/C16H25FN2O2/c1-5-19(14-8-6-7-13(17)11-14)10-9-16(4,15(20)21)18-12(2)3/h6-8,11-12,18H,5,9-10H2,1-4H3,(H,20,21). The van der Waals surface area contributed by atoms with Crippen molar-refractivity contribution in [2.75, 3.05) is 18.0 Å². The molecule has 0 spiro atoms. The zero-order valence-corrected chi connectivity index (χ0v) is 13.2. The lowest BCUT2D eigenvalue weighted by atomic mass is 9.96. The molecule has 0 amide bonds. The molecule has 0 fully saturated rings. The van der Waals surface area contributed by atoms with Crippen LogP contribution in [-0.4, -0.2) is 35.7 Å². The van der Waals surface area contributed by atoms with E-state index in [0.29, 0.717) is 19.5 Å². The van der Waals surface area contributed by atoms with Gasteiger partial charge in [-0.15, -0.1) is 0 Å². The molecule has 2 N–H and O–H groups in total. The van der Waals surface area contributed by atoms with Gasteiger partial charge < -0.3 is 10.0 Å². The summed E-state index contributed by atoms with van der Waals surface area (Å²) in [7, 11) is 0. The van der Waals surface area contributed by atoms with Crippen LogP contribution in [0.25, 0.3) is 0 Å². The van der Waals surface area contributed by atoms with E-state index in [-0.39, 0.29) is 11.9 Å². The second-order valence-electron chi connectivity index (χ2n) is 5.75. The second-order valence-corrected chi connectivity index (χ2v) is 5.75. The molecule has 0 aliphatic rings. The first kappa shape index (κ1) is 17.4. The maximum absolute atomic E-state index is 13.3. The van der Waals surface area contributed by atoms with Gasteiger partial charge in [0.1, 0.15) is 11.4 Å². The maximum Gasteiger partial charge on any atom is 0.323 e. The summed E-state index contributed by atoms with van der Waals surface area (Å²) in [4.78, 5) is 13.5. The zero-order chi connectivity index (χ0) is 16.0. The van der Waals surface area contributed by atoms with E-state index in [1.807, 2.05) is 31.7 Å². The van der Waals surface area contributed by atoms with Crippen molar-refractivity contribution in [3.05, 3.63) is 30.1 Å². The first-order chi connectivity index (χ1) is 9.78. The number of anilines is 1. The van der Waals surface area contributed by atoms with Crippen LogP contribution in [0.3, 0.4) is 0 Å². The van der Waals surface area contributed by atoms with E-state index in [4.69, 9.17) is 0 Å². The van der Waals surface area contributed by atoms with E-state index in [2.05, 4.69) is 5.32 Å². The quantitative estimate of drug-likeness (QED) is 0.774. The fourth-order valence-corrected chi connectivity index (χ4v) is 2.38. The molecule has 0 aliphatic heterocycles. The molecule has 118 valence electrons. The topological polar surface area (TPSA) is 52.6 Å². The Balaban J connectivity index is 2.79. The molecular weight excluding hydrogens is 271 g/mol. The fourth-order valence-electron chi connectivity index (χ4n) is 2.38. The van der Waals surface area contributed by atoms with Crippen LogP contribution in [0.4, 0.5) is 10.1 Å². The van der Waals surface area contributed by atoms with E-state index in [0.717, 1.165) is 5.69 Å². The Bertz CT molecular complexity index is 479. The highest BCUT2D eigenvalue weighted by Crippen LogP contribution is 2.19. The molecule has 4 nitrogen and oxygen atoms in total. The van der Waals surface area contributed by atoms with E-state index < -0.39 is 11.5 Å². The van der Waals surface area contributed by atoms with Crippen molar-refractivity contribution < 1.29 is 14.3 Å². The van der Waals surface area contributed by atoms with E-state index in [1.54, 1.807) is 13.0 Å². The third-order valence-electron chi connectivity index (χ3n) is 3.52. The molecule has 0 radical (unpaired) electrons. The Morgan fingerprint density at radius 3 is 2.62 bits per heavy atom. The highest BCUT2D eigenvalue weighted by Gasteiger charge is 2.33. The van der Waals surface area contributed by atoms with Gasteiger partial charge in [0.15, 0.2) is 0 Å². The molecule has 0 saturated heterocycles. The van der Waals surface area contributed by atoms with Gasteiger partial charge in [0, 0.05) is 24.8 Å². The van der Waals surface area contributed by atoms with Crippen molar-refractivity contribution in [3.8, 4) is 0 Å². The van der Waals surface area contributed by atoms with Crippen molar-refractivity contribution >= 4 is 11.7 Å². The Labute approximate surface area is 126 Å². The fraction of sp³-hybridized carbons (Fsp3) is 0.562. The van der Waals surface area contributed by atoms with Crippen LogP contribution in [0.2, 0.25) is 0 Å². The Morgan fingerprint density at radius 1 is 1.48 bits per heavy atom. The summed E-state index contributed by atoms with van der Waals surface area (Å²) in [5.41, 5.74) is -0.218. The highest BCUT2D eigenvalue weighted by molar-refractivity contribution is 5.78. The minimum absolute atomic E-state index is 0.0790. The average Bonchev–Trinajstić information content (AvgIpc) is 2.38. The van der Waals surface area contributed by atoms with Crippen molar-refractivity contribution in [3.63, 3.8) is 0 Å². The predicted octanol–water partition coefficient (Wildman–Crippen LogP) is 2.88. The number of carboxylic acid groups (broad SMARTS) is 1. The number of nitrogens with one attached hydrogen (secondary N) is 1. The molecule has 21 heavy (non-hydrogen) atoms. The van der Waals surface area contributed by atoms with E-state index >= 15 is 0 Å². The van der Waals surface area contributed by atoms with Crippen LogP contribution in [0.15, 0.2) is 24.3 Å². The van der Waals surface area contributed by atoms with Crippen LogP contribution in [0.1, 0.15) is 34.1 Å². The lowest BCUT2D eigenvalue weighted by molar-refractivity contribution is -0.144. The van der Waals surface area contributed by atoms with Gasteiger partial charge in [-0.1, -0.05) is 6.07 Å². The lowest BCUT2D eigenvalue weighted by Gasteiger charge is -2.32. The summed E-state index contributed by atoms with van der Waals surface area (Å²) in [6.07, 6.45) is 0.435. The van der Waals surface area contributed by atoms with Crippen molar-refractivity contribution in [2.45, 2.75) is 45.7 Å². The van der Waals surface area contributed by atoms with E-state index in [1.165, 1.54) is 12.1 Å². The molecular formula is C16H25FN2O2. The molecule has 0 aromatic heterocycles. The molecule has 1 unspecified atom stereocenters. The third-order valence-corrected chi connectivity index (χ3v) is 3.52. The van der Waals surface area contributed by atoms with Gasteiger partial charge in [0.25, 0.3) is 0 Å². The monoisotopic (exact) mass is 296 g/mol. The van der Waals surface area contributed by atoms with Crippen molar-refractivity contribution in [1.29, 1.82) is 0 Å². The Morgan fingerprint density at radius 2 is 2.14 bits per heavy atom. The van der Waals surface area contributed by atoms with Crippen LogP contribution < -0.4 is 10.2 Å². The first-order valence-electron chi connectivity index (χ1n) is 7.30. The third kappa shape index (κ3) is 5.01. The summed E-state index contributed by atoms with van der Waals surface area (Å²) in [6.45, 7) is 8.74. The summed E-state index contributed by atoms with van der Waals surface area (Å²) in [5.74, 6) is -1.15. The minimum Gasteiger partial charge on any atom is -0.480 e. The number of aliphatic carboxylic acids is 1. The molecule has 1 aromatic rings. The Kier molecular flexibility index (Phi) is 6.15. The number of halogens is 1. The normalized spacial score (nSPS) is 14.0. The number of nitrogens with zero attached hydrogens (tertiary/aromatic N) is 1. The van der Waals surface area contributed by atoms with Gasteiger partial charge in [-0.05, 0) is 52.3 Å². The van der Waals surface area contributed by atoms with Gasteiger partial charge in [0.2, 0.25) is 0 Å². The van der Waals surface area contributed by atoms with E-state index in [9.17, 15) is 14.3 Å². The van der Waals surface area contributed by atoms with Crippen LogP contribution >= 0.6 is 0 Å².